The topological polar surface area (TPSA) is 106 Å². The van der Waals surface area contributed by atoms with Crippen LogP contribution in [0.5, 0.6) is 0 Å². The molecule has 5 rings (SSSR count). The van der Waals surface area contributed by atoms with Crippen LogP contribution in [0.3, 0.4) is 0 Å². The minimum Gasteiger partial charge on any atom is -0.351 e. The summed E-state index contributed by atoms with van der Waals surface area (Å²) in [5.41, 5.74) is 3.05. The molecule has 2 aromatic heterocycles. The number of aromatic nitrogens is 5. The molecule has 1 fully saturated rings. The van der Waals surface area contributed by atoms with Crippen LogP contribution in [0.4, 0.5) is 5.69 Å². The number of amides is 2. The maximum absolute atomic E-state index is 14.0. The average Bonchev–Trinajstić information content (AvgIpc) is 3.45. The quantitative estimate of drug-likeness (QED) is 0.346. The molecule has 0 radical (unpaired) electrons. The third-order valence-corrected chi connectivity index (χ3v) is 7.08. The zero-order valence-corrected chi connectivity index (χ0v) is 22.1. The zero-order chi connectivity index (χ0) is 27.0. The third-order valence-electron chi connectivity index (χ3n) is 7.08. The number of rotatable bonds is 9. The molecule has 1 saturated carbocycles. The van der Waals surface area contributed by atoms with Gasteiger partial charge in [-0.1, -0.05) is 74.7 Å². The van der Waals surface area contributed by atoms with Gasteiger partial charge in [-0.05, 0) is 54.3 Å². The fourth-order valence-corrected chi connectivity index (χ4v) is 4.99. The fourth-order valence-electron chi connectivity index (χ4n) is 4.99. The summed E-state index contributed by atoms with van der Waals surface area (Å²) in [5.74, 6) is -0.158. The second-order valence-corrected chi connectivity index (χ2v) is 9.79. The maximum atomic E-state index is 14.0. The molecule has 1 aliphatic carbocycles. The highest BCUT2D eigenvalue weighted by Gasteiger charge is 2.35. The van der Waals surface area contributed by atoms with Crippen LogP contribution in [0, 0.1) is 0 Å². The average molecular weight is 524 g/mol. The van der Waals surface area contributed by atoms with Crippen molar-refractivity contribution >= 4 is 17.5 Å². The molecule has 9 nitrogen and oxygen atoms in total. The van der Waals surface area contributed by atoms with Gasteiger partial charge < -0.3 is 5.32 Å². The van der Waals surface area contributed by atoms with E-state index in [9.17, 15) is 9.59 Å². The van der Waals surface area contributed by atoms with Gasteiger partial charge in [0, 0.05) is 23.5 Å². The summed E-state index contributed by atoms with van der Waals surface area (Å²) in [6.07, 6.45) is 7.73. The monoisotopic (exact) mass is 523 g/mol. The fraction of sp³-hybridized carbons (Fsp3) is 0.333. The molecule has 0 spiro atoms. The molecule has 1 N–H and O–H groups in total. The van der Waals surface area contributed by atoms with E-state index in [-0.39, 0.29) is 24.4 Å². The second kappa shape index (κ2) is 12.4. The highest BCUT2D eigenvalue weighted by molar-refractivity contribution is 6.01. The van der Waals surface area contributed by atoms with Gasteiger partial charge in [0.25, 0.3) is 5.91 Å². The van der Waals surface area contributed by atoms with Crippen LogP contribution in [0.2, 0.25) is 0 Å². The Morgan fingerprint density at radius 1 is 0.974 bits per heavy atom. The van der Waals surface area contributed by atoms with Crippen LogP contribution >= 0.6 is 0 Å². The van der Waals surface area contributed by atoms with Crippen molar-refractivity contribution in [2.24, 2.45) is 0 Å². The van der Waals surface area contributed by atoms with Gasteiger partial charge in [-0.25, -0.2) is 0 Å². The first-order valence-electron chi connectivity index (χ1n) is 13.6. The number of nitrogens with one attached hydrogen (secondary N) is 1. The number of hydrogen-bond acceptors (Lipinski definition) is 6. The van der Waals surface area contributed by atoms with E-state index in [1.165, 1.54) is 16.1 Å². The van der Waals surface area contributed by atoms with Crippen molar-refractivity contribution < 1.29 is 9.59 Å². The van der Waals surface area contributed by atoms with Crippen LogP contribution in [-0.4, -0.2) is 43.0 Å². The smallest absolute Gasteiger partial charge is 0.251 e. The van der Waals surface area contributed by atoms with E-state index in [0.29, 0.717) is 17.2 Å². The molecule has 2 heterocycles. The molecule has 0 bridgehead atoms. The summed E-state index contributed by atoms with van der Waals surface area (Å²) in [6.45, 7) is 1.89. The van der Waals surface area contributed by atoms with E-state index in [0.717, 1.165) is 43.2 Å². The van der Waals surface area contributed by atoms with Crippen molar-refractivity contribution in [3.05, 3.63) is 90.3 Å². The van der Waals surface area contributed by atoms with Gasteiger partial charge in [0.2, 0.25) is 11.7 Å². The van der Waals surface area contributed by atoms with Crippen LogP contribution in [0.25, 0.3) is 11.4 Å². The lowest BCUT2D eigenvalue weighted by Crippen LogP contribution is -2.48. The van der Waals surface area contributed by atoms with Crippen LogP contribution in [0.15, 0.2) is 79.0 Å². The minimum atomic E-state index is -0.954. The normalized spacial score (nSPS) is 14.5. The first-order chi connectivity index (χ1) is 19.1. The molecular weight excluding hydrogens is 490 g/mol. The summed E-state index contributed by atoms with van der Waals surface area (Å²) in [5, 5.41) is 15.9. The Morgan fingerprint density at radius 3 is 2.41 bits per heavy atom. The summed E-state index contributed by atoms with van der Waals surface area (Å²) in [4.78, 5) is 35.2. The Balaban J connectivity index is 1.49. The van der Waals surface area contributed by atoms with Gasteiger partial charge >= 0.3 is 0 Å². The van der Waals surface area contributed by atoms with Gasteiger partial charge in [-0.15, -0.1) is 10.2 Å². The number of tetrazole rings is 1. The first-order valence-corrected chi connectivity index (χ1v) is 13.6. The van der Waals surface area contributed by atoms with Gasteiger partial charge in [0.15, 0.2) is 6.04 Å². The summed E-state index contributed by atoms with van der Waals surface area (Å²) >= 11 is 0. The molecule has 0 saturated heterocycles. The molecule has 0 unspecified atom stereocenters. The Morgan fingerprint density at radius 2 is 1.72 bits per heavy atom. The number of anilines is 1. The van der Waals surface area contributed by atoms with Gasteiger partial charge in [-0.3, -0.25) is 19.5 Å². The lowest BCUT2D eigenvalue weighted by molar-refractivity contribution is -0.127. The molecule has 0 aliphatic heterocycles. The molecule has 200 valence electrons. The molecule has 2 amide bonds. The predicted molar refractivity (Wildman–Crippen MR) is 149 cm³/mol. The van der Waals surface area contributed by atoms with Crippen molar-refractivity contribution in [3.8, 4) is 11.4 Å². The highest BCUT2D eigenvalue weighted by atomic mass is 16.2. The SMILES string of the molecule is CCc1ccc(N(C(=O)Cn2nnc(-c3ccccc3)n2)[C@H](C(=O)NC2CCCCC2)c2ccccn2)cc1. The summed E-state index contributed by atoms with van der Waals surface area (Å²) < 4.78 is 0. The van der Waals surface area contributed by atoms with Crippen LogP contribution in [-0.2, 0) is 22.6 Å². The van der Waals surface area contributed by atoms with E-state index < -0.39 is 6.04 Å². The highest BCUT2D eigenvalue weighted by Crippen LogP contribution is 2.29. The minimum absolute atomic E-state index is 0.0855. The summed E-state index contributed by atoms with van der Waals surface area (Å²) in [6, 6.07) is 21.7. The van der Waals surface area contributed by atoms with Crippen molar-refractivity contribution in [2.75, 3.05) is 4.90 Å². The molecule has 2 aromatic carbocycles. The maximum Gasteiger partial charge on any atom is 0.251 e. The Kier molecular flexibility index (Phi) is 8.36. The van der Waals surface area contributed by atoms with E-state index in [1.54, 1.807) is 18.3 Å². The van der Waals surface area contributed by atoms with Crippen molar-refractivity contribution in [1.29, 1.82) is 0 Å². The largest absolute Gasteiger partial charge is 0.351 e. The molecular formula is C30H33N7O2. The number of carbonyl (C=O) groups is 2. The lowest BCUT2D eigenvalue weighted by atomic mass is 9.95. The van der Waals surface area contributed by atoms with Crippen molar-refractivity contribution in [1.82, 2.24) is 30.5 Å². The predicted octanol–water partition coefficient (Wildman–Crippen LogP) is 4.52. The van der Waals surface area contributed by atoms with Crippen LogP contribution < -0.4 is 10.2 Å². The standard InChI is InChI=1S/C30H33N7O2/c1-2-22-16-18-25(19-17-22)37(27(38)21-36-34-29(33-35-36)23-11-5-3-6-12-23)28(26-15-9-10-20-31-26)30(39)32-24-13-7-4-8-14-24/h3,5-6,9-12,15-20,24,28H,2,4,7-8,13-14,21H2,1H3,(H,32,39)/t28-/m0/s1. The number of pyridine rings is 1. The van der Waals surface area contributed by atoms with Crippen LogP contribution in [0.1, 0.15) is 56.3 Å². The Hall–Kier alpha value is -4.40. The second-order valence-electron chi connectivity index (χ2n) is 9.79. The first kappa shape index (κ1) is 26.2. The van der Waals surface area contributed by atoms with E-state index in [2.05, 4.69) is 32.6 Å². The molecule has 1 atom stereocenters. The molecule has 1 aliphatic rings. The number of hydrogen-bond donors (Lipinski definition) is 1. The van der Waals surface area contributed by atoms with Gasteiger partial charge in [-0.2, -0.15) is 4.80 Å². The molecule has 39 heavy (non-hydrogen) atoms. The van der Waals surface area contributed by atoms with E-state index in [1.807, 2.05) is 60.7 Å². The van der Waals surface area contributed by atoms with E-state index >= 15 is 0 Å². The van der Waals surface area contributed by atoms with Gasteiger partial charge in [0.05, 0.1) is 5.69 Å². The molecule has 9 heteroatoms. The number of carbonyl (C=O) groups excluding carboxylic acids is 2. The van der Waals surface area contributed by atoms with Crippen molar-refractivity contribution in [3.63, 3.8) is 0 Å². The Bertz CT molecular complexity index is 1370. The number of benzene rings is 2. The summed E-state index contributed by atoms with van der Waals surface area (Å²) in [7, 11) is 0. The zero-order valence-electron chi connectivity index (χ0n) is 22.1. The number of aryl methyl sites for hydroxylation is 1. The van der Waals surface area contributed by atoms with E-state index in [4.69, 9.17) is 0 Å². The number of nitrogens with zero attached hydrogens (tertiary/aromatic N) is 6. The Labute approximate surface area is 228 Å². The van der Waals surface area contributed by atoms with Crippen molar-refractivity contribution in [2.45, 2.75) is 64.1 Å². The van der Waals surface area contributed by atoms with Gasteiger partial charge in [0.1, 0.15) is 6.54 Å². The molecule has 4 aromatic rings. The lowest BCUT2D eigenvalue weighted by Gasteiger charge is -2.32. The third kappa shape index (κ3) is 6.37.